The number of aromatic nitrogens is 1. The van der Waals surface area contributed by atoms with Crippen LogP contribution in [0.1, 0.15) is 44.0 Å². The van der Waals surface area contributed by atoms with E-state index in [1.165, 1.54) is 17.2 Å². The zero-order chi connectivity index (χ0) is 18.6. The quantitative estimate of drug-likeness (QED) is 0.652. The van der Waals surface area contributed by atoms with Crippen molar-refractivity contribution in [3.63, 3.8) is 0 Å². The van der Waals surface area contributed by atoms with Gasteiger partial charge >= 0.3 is 6.09 Å². The van der Waals surface area contributed by atoms with Crippen molar-refractivity contribution in [2.45, 2.75) is 45.3 Å². The predicted molar refractivity (Wildman–Crippen MR) is 92.5 cm³/mol. The molecule has 1 N–H and O–H groups in total. The van der Waals surface area contributed by atoms with Gasteiger partial charge in [-0.3, -0.25) is 14.5 Å². The number of pyridine rings is 1. The minimum atomic E-state index is -0.627. The lowest BCUT2D eigenvalue weighted by Crippen LogP contribution is -2.48. The lowest BCUT2D eigenvalue weighted by molar-refractivity contribution is -0.125. The third kappa shape index (κ3) is 5.42. The average molecular weight is 368 g/mol. The Morgan fingerprint density at radius 2 is 2.08 bits per heavy atom. The van der Waals surface area contributed by atoms with Gasteiger partial charge in [-0.1, -0.05) is 11.6 Å². The molecule has 0 aliphatic carbocycles. The molecule has 1 atom stereocenters. The van der Waals surface area contributed by atoms with Gasteiger partial charge in [-0.15, -0.1) is 0 Å². The van der Waals surface area contributed by atoms with Crippen LogP contribution in [0.2, 0.25) is 5.15 Å². The molecule has 1 aromatic heterocycles. The van der Waals surface area contributed by atoms with Gasteiger partial charge in [-0.05, 0) is 45.7 Å². The highest BCUT2D eigenvalue weighted by Gasteiger charge is 2.36. The topological polar surface area (TPSA) is 88.6 Å². The van der Waals surface area contributed by atoms with Gasteiger partial charge in [0.05, 0.1) is 6.54 Å². The Morgan fingerprint density at radius 1 is 1.36 bits per heavy atom. The third-order valence-electron chi connectivity index (χ3n) is 3.66. The van der Waals surface area contributed by atoms with E-state index in [2.05, 4.69) is 10.3 Å². The van der Waals surface area contributed by atoms with Gasteiger partial charge in [0.1, 0.15) is 16.8 Å². The standard InChI is InChI=1S/C17H22ClN3O4/c1-17(2,3)25-16(24)21-8-4-5-12(21)15(23)20-10-13(22)11-6-7-14(18)19-9-11/h6-7,9,12H,4-5,8,10H2,1-3H3,(H,20,23). The first-order chi connectivity index (χ1) is 11.7. The summed E-state index contributed by atoms with van der Waals surface area (Å²) in [6.07, 6.45) is 2.10. The number of carbonyl (C=O) groups is 3. The Labute approximate surface area is 151 Å². The number of rotatable bonds is 4. The molecule has 8 heteroatoms. The Morgan fingerprint density at radius 3 is 2.68 bits per heavy atom. The largest absolute Gasteiger partial charge is 0.444 e. The molecule has 1 aliphatic heterocycles. The smallest absolute Gasteiger partial charge is 0.410 e. The van der Waals surface area contributed by atoms with Crippen LogP contribution < -0.4 is 5.32 Å². The van der Waals surface area contributed by atoms with Crippen molar-refractivity contribution < 1.29 is 19.1 Å². The van der Waals surface area contributed by atoms with Gasteiger partial charge in [0.15, 0.2) is 5.78 Å². The van der Waals surface area contributed by atoms with E-state index in [9.17, 15) is 14.4 Å². The molecule has 2 amide bonds. The van der Waals surface area contributed by atoms with Crippen LogP contribution in [0.4, 0.5) is 4.79 Å². The van der Waals surface area contributed by atoms with Gasteiger partial charge in [-0.2, -0.15) is 0 Å². The van der Waals surface area contributed by atoms with E-state index >= 15 is 0 Å². The average Bonchev–Trinajstić information content (AvgIpc) is 3.01. The summed E-state index contributed by atoms with van der Waals surface area (Å²) in [5.74, 6) is -0.641. The molecule has 1 saturated heterocycles. The second kappa shape index (κ2) is 7.82. The Kier molecular flexibility index (Phi) is 6.00. The van der Waals surface area contributed by atoms with Crippen LogP contribution in [-0.2, 0) is 9.53 Å². The zero-order valence-corrected chi connectivity index (χ0v) is 15.3. The van der Waals surface area contributed by atoms with Crippen LogP contribution in [0.3, 0.4) is 0 Å². The number of hydrogen-bond acceptors (Lipinski definition) is 5. The monoisotopic (exact) mass is 367 g/mol. The molecule has 7 nitrogen and oxygen atoms in total. The molecule has 2 rings (SSSR count). The molecule has 0 saturated carbocycles. The minimum Gasteiger partial charge on any atom is -0.444 e. The summed E-state index contributed by atoms with van der Waals surface area (Å²) >= 11 is 5.68. The third-order valence-corrected chi connectivity index (χ3v) is 3.88. The highest BCUT2D eigenvalue weighted by atomic mass is 35.5. The van der Waals surface area contributed by atoms with Crippen molar-refractivity contribution in [3.8, 4) is 0 Å². The van der Waals surface area contributed by atoms with E-state index in [1.54, 1.807) is 26.8 Å². The number of Topliss-reactive ketones (excluding diaryl/α,β-unsaturated/α-hetero) is 1. The molecule has 1 aromatic rings. The molecule has 0 radical (unpaired) electrons. The van der Waals surface area contributed by atoms with Crippen molar-refractivity contribution in [2.24, 2.45) is 0 Å². The maximum atomic E-state index is 12.4. The molecule has 1 aliphatic rings. The Balaban J connectivity index is 1.92. The molecule has 0 spiro atoms. The van der Waals surface area contributed by atoms with E-state index in [1.807, 2.05) is 0 Å². The maximum Gasteiger partial charge on any atom is 0.410 e. The minimum absolute atomic E-state index is 0.166. The number of ether oxygens (including phenoxy) is 1. The Bertz CT molecular complexity index is 655. The first-order valence-corrected chi connectivity index (χ1v) is 8.47. The second-order valence-corrected chi connectivity index (χ2v) is 7.23. The van der Waals surface area contributed by atoms with E-state index in [0.29, 0.717) is 30.1 Å². The zero-order valence-electron chi connectivity index (χ0n) is 14.5. The second-order valence-electron chi connectivity index (χ2n) is 6.84. The summed E-state index contributed by atoms with van der Waals surface area (Å²) in [4.78, 5) is 41.9. The van der Waals surface area contributed by atoms with Gasteiger partial charge in [0.2, 0.25) is 5.91 Å². The SMILES string of the molecule is CC(C)(C)OC(=O)N1CCCC1C(=O)NCC(=O)c1ccc(Cl)nc1. The number of hydrogen-bond donors (Lipinski definition) is 1. The van der Waals surface area contributed by atoms with E-state index < -0.39 is 17.7 Å². The summed E-state index contributed by atoms with van der Waals surface area (Å²) in [7, 11) is 0. The highest BCUT2D eigenvalue weighted by molar-refractivity contribution is 6.29. The normalized spacial score (nSPS) is 17.3. The lowest BCUT2D eigenvalue weighted by atomic mass is 10.1. The van der Waals surface area contributed by atoms with Crippen molar-refractivity contribution >= 4 is 29.4 Å². The highest BCUT2D eigenvalue weighted by Crippen LogP contribution is 2.21. The summed E-state index contributed by atoms with van der Waals surface area (Å²) in [5.41, 5.74) is -0.266. The fourth-order valence-corrected chi connectivity index (χ4v) is 2.62. The first kappa shape index (κ1) is 19.2. The van der Waals surface area contributed by atoms with Crippen LogP contribution in [0.25, 0.3) is 0 Å². The molecular formula is C17H22ClN3O4. The van der Waals surface area contributed by atoms with Gasteiger partial charge in [0.25, 0.3) is 0 Å². The van der Waals surface area contributed by atoms with Crippen LogP contribution in [0, 0.1) is 0 Å². The van der Waals surface area contributed by atoms with Gasteiger partial charge in [-0.25, -0.2) is 9.78 Å². The van der Waals surface area contributed by atoms with Crippen LogP contribution in [0.5, 0.6) is 0 Å². The molecule has 0 bridgehead atoms. The van der Waals surface area contributed by atoms with Gasteiger partial charge in [0, 0.05) is 18.3 Å². The van der Waals surface area contributed by atoms with E-state index in [-0.39, 0.29) is 18.2 Å². The first-order valence-electron chi connectivity index (χ1n) is 8.09. The fourth-order valence-electron chi connectivity index (χ4n) is 2.51. The van der Waals surface area contributed by atoms with Crippen LogP contribution in [-0.4, -0.2) is 52.4 Å². The lowest BCUT2D eigenvalue weighted by Gasteiger charge is -2.28. The number of likely N-dealkylation sites (tertiary alicyclic amines) is 1. The van der Waals surface area contributed by atoms with Crippen molar-refractivity contribution in [3.05, 3.63) is 29.0 Å². The summed E-state index contributed by atoms with van der Waals surface area (Å²) in [5, 5.41) is 2.88. The number of nitrogens with one attached hydrogen (secondary N) is 1. The maximum absolute atomic E-state index is 12.4. The number of amides is 2. The molecule has 2 heterocycles. The molecule has 25 heavy (non-hydrogen) atoms. The summed E-state index contributed by atoms with van der Waals surface area (Å²) in [6.45, 7) is 5.61. The van der Waals surface area contributed by atoms with E-state index in [4.69, 9.17) is 16.3 Å². The Hall–Kier alpha value is -2.15. The summed E-state index contributed by atoms with van der Waals surface area (Å²) in [6, 6.07) is 2.44. The van der Waals surface area contributed by atoms with Crippen molar-refractivity contribution in [1.82, 2.24) is 15.2 Å². The molecule has 0 aromatic carbocycles. The fraction of sp³-hybridized carbons (Fsp3) is 0.529. The molecule has 136 valence electrons. The number of carbonyl (C=O) groups excluding carboxylic acids is 3. The molecule has 1 fully saturated rings. The molecular weight excluding hydrogens is 346 g/mol. The number of nitrogens with zero attached hydrogens (tertiary/aromatic N) is 2. The van der Waals surface area contributed by atoms with Crippen LogP contribution >= 0.6 is 11.6 Å². The van der Waals surface area contributed by atoms with Crippen molar-refractivity contribution in [1.29, 1.82) is 0 Å². The number of halogens is 1. The van der Waals surface area contributed by atoms with Crippen molar-refractivity contribution in [2.75, 3.05) is 13.1 Å². The predicted octanol–water partition coefficient (Wildman–Crippen LogP) is 2.43. The summed E-state index contributed by atoms with van der Waals surface area (Å²) < 4.78 is 5.33. The van der Waals surface area contributed by atoms with Gasteiger partial charge < -0.3 is 10.1 Å². The van der Waals surface area contributed by atoms with Crippen LogP contribution in [0.15, 0.2) is 18.3 Å². The number of ketones is 1. The molecule has 1 unspecified atom stereocenters. The van der Waals surface area contributed by atoms with E-state index in [0.717, 1.165) is 0 Å².